The van der Waals surface area contributed by atoms with Gasteiger partial charge in [-0.1, -0.05) is 30.3 Å². The van der Waals surface area contributed by atoms with Gasteiger partial charge in [0, 0.05) is 24.7 Å². The number of piperidine rings is 1. The van der Waals surface area contributed by atoms with Gasteiger partial charge in [0.25, 0.3) is 0 Å². The maximum atomic E-state index is 5.29. The van der Waals surface area contributed by atoms with E-state index in [-0.39, 0.29) is 0 Å². The topological polar surface area (TPSA) is 30.3 Å². The Hall–Kier alpha value is -2.75. The van der Waals surface area contributed by atoms with Gasteiger partial charge in [-0.2, -0.15) is 5.10 Å². The molecule has 1 saturated heterocycles. The largest absolute Gasteiger partial charge is 0.497 e. The van der Waals surface area contributed by atoms with Crippen molar-refractivity contribution in [3.63, 3.8) is 0 Å². The lowest BCUT2D eigenvalue weighted by Gasteiger charge is -2.28. The summed E-state index contributed by atoms with van der Waals surface area (Å²) in [4.78, 5) is 2.45. The molecule has 0 aliphatic carbocycles. The van der Waals surface area contributed by atoms with Crippen LogP contribution in [0.4, 0.5) is 5.82 Å². The van der Waals surface area contributed by atoms with Crippen LogP contribution in [0.1, 0.15) is 19.3 Å². The molecule has 0 saturated carbocycles. The van der Waals surface area contributed by atoms with Crippen LogP contribution in [-0.2, 0) is 0 Å². The molecular formula is C21H23N3O. The van der Waals surface area contributed by atoms with Crippen molar-refractivity contribution in [1.29, 1.82) is 0 Å². The van der Waals surface area contributed by atoms with Crippen molar-refractivity contribution in [3.8, 4) is 22.7 Å². The maximum absolute atomic E-state index is 5.29. The van der Waals surface area contributed by atoms with E-state index in [1.807, 2.05) is 18.2 Å². The van der Waals surface area contributed by atoms with Crippen molar-refractivity contribution in [3.05, 3.63) is 60.7 Å². The molecule has 0 amide bonds. The van der Waals surface area contributed by atoms with Crippen LogP contribution >= 0.6 is 0 Å². The molecule has 0 atom stereocenters. The van der Waals surface area contributed by atoms with Crippen LogP contribution in [0.15, 0.2) is 60.7 Å². The summed E-state index contributed by atoms with van der Waals surface area (Å²) >= 11 is 0. The number of aromatic nitrogens is 2. The predicted octanol–water partition coefficient (Wildman–Crippen LogP) is 4.54. The lowest BCUT2D eigenvalue weighted by atomic mass is 10.1. The van der Waals surface area contributed by atoms with Crippen LogP contribution < -0.4 is 9.64 Å². The lowest BCUT2D eigenvalue weighted by molar-refractivity contribution is 0.414. The van der Waals surface area contributed by atoms with E-state index in [9.17, 15) is 0 Å². The molecule has 4 rings (SSSR count). The summed E-state index contributed by atoms with van der Waals surface area (Å²) < 4.78 is 7.35. The van der Waals surface area contributed by atoms with E-state index < -0.39 is 0 Å². The van der Waals surface area contributed by atoms with Gasteiger partial charge in [-0.3, -0.25) is 0 Å². The number of benzene rings is 2. The third-order valence-corrected chi connectivity index (χ3v) is 4.76. The molecule has 1 aliphatic heterocycles. The van der Waals surface area contributed by atoms with E-state index in [0.717, 1.165) is 35.8 Å². The highest BCUT2D eigenvalue weighted by molar-refractivity contribution is 5.65. The van der Waals surface area contributed by atoms with Crippen LogP contribution in [0.5, 0.6) is 5.75 Å². The van der Waals surface area contributed by atoms with Crippen molar-refractivity contribution >= 4 is 5.82 Å². The van der Waals surface area contributed by atoms with Crippen molar-refractivity contribution in [1.82, 2.24) is 9.78 Å². The summed E-state index contributed by atoms with van der Waals surface area (Å²) in [6, 6.07) is 20.7. The van der Waals surface area contributed by atoms with E-state index in [1.54, 1.807) is 7.11 Å². The minimum absolute atomic E-state index is 0.860. The fourth-order valence-corrected chi connectivity index (χ4v) is 3.38. The first-order chi connectivity index (χ1) is 12.3. The molecule has 0 bridgehead atoms. The van der Waals surface area contributed by atoms with E-state index in [0.29, 0.717) is 0 Å². The monoisotopic (exact) mass is 333 g/mol. The van der Waals surface area contributed by atoms with Crippen molar-refractivity contribution in [2.45, 2.75) is 19.3 Å². The van der Waals surface area contributed by atoms with Gasteiger partial charge >= 0.3 is 0 Å². The predicted molar refractivity (Wildman–Crippen MR) is 102 cm³/mol. The van der Waals surface area contributed by atoms with Gasteiger partial charge in [0.05, 0.1) is 18.5 Å². The number of anilines is 1. The van der Waals surface area contributed by atoms with Crippen LogP contribution in [0, 0.1) is 0 Å². The highest BCUT2D eigenvalue weighted by Gasteiger charge is 2.19. The number of nitrogens with zero attached hydrogens (tertiary/aromatic N) is 3. The second-order valence-electron chi connectivity index (χ2n) is 6.41. The van der Waals surface area contributed by atoms with Crippen molar-refractivity contribution in [2.75, 3.05) is 25.1 Å². The second-order valence-corrected chi connectivity index (χ2v) is 6.41. The molecule has 0 radical (unpaired) electrons. The Labute approximate surface area is 148 Å². The number of methoxy groups -OCH3 is 1. The summed E-state index contributed by atoms with van der Waals surface area (Å²) in [5.74, 6) is 2.03. The summed E-state index contributed by atoms with van der Waals surface area (Å²) in [5, 5.41) is 4.92. The van der Waals surface area contributed by atoms with Gasteiger partial charge in [0.1, 0.15) is 11.6 Å². The van der Waals surface area contributed by atoms with E-state index in [2.05, 4.69) is 52.0 Å². The molecule has 4 nitrogen and oxygen atoms in total. The first-order valence-electron chi connectivity index (χ1n) is 8.90. The molecular weight excluding hydrogens is 310 g/mol. The zero-order valence-corrected chi connectivity index (χ0v) is 14.6. The minimum atomic E-state index is 0.860. The average molecular weight is 333 g/mol. The number of hydrogen-bond acceptors (Lipinski definition) is 3. The Morgan fingerprint density at radius 3 is 2.28 bits per heavy atom. The molecule has 0 unspecified atom stereocenters. The highest BCUT2D eigenvalue weighted by Crippen LogP contribution is 2.29. The molecule has 25 heavy (non-hydrogen) atoms. The third kappa shape index (κ3) is 3.25. The Balaban J connectivity index is 1.78. The van der Waals surface area contributed by atoms with Gasteiger partial charge in [-0.15, -0.1) is 0 Å². The van der Waals surface area contributed by atoms with Crippen LogP contribution in [-0.4, -0.2) is 30.0 Å². The van der Waals surface area contributed by atoms with Gasteiger partial charge in [0.2, 0.25) is 0 Å². The first-order valence-corrected chi connectivity index (χ1v) is 8.90. The normalized spacial score (nSPS) is 14.5. The number of hydrogen-bond donors (Lipinski definition) is 0. The molecule has 2 aromatic carbocycles. The smallest absolute Gasteiger partial charge is 0.133 e. The minimum Gasteiger partial charge on any atom is -0.497 e. The van der Waals surface area contributed by atoms with Gasteiger partial charge < -0.3 is 9.64 Å². The van der Waals surface area contributed by atoms with Gasteiger partial charge in [0.15, 0.2) is 0 Å². The molecule has 4 heteroatoms. The fourth-order valence-electron chi connectivity index (χ4n) is 3.38. The van der Waals surface area contributed by atoms with Gasteiger partial charge in [-0.25, -0.2) is 4.68 Å². The van der Waals surface area contributed by atoms with Crippen molar-refractivity contribution in [2.24, 2.45) is 0 Å². The molecule has 0 spiro atoms. The van der Waals surface area contributed by atoms with Crippen LogP contribution in [0.3, 0.4) is 0 Å². The number of rotatable bonds is 4. The van der Waals surface area contributed by atoms with E-state index in [1.165, 1.54) is 25.1 Å². The molecule has 2 heterocycles. The SMILES string of the molecule is COc1ccc(-n2nc(-c3ccccc3)cc2N2CCCCC2)cc1. The Morgan fingerprint density at radius 1 is 0.880 bits per heavy atom. The number of ether oxygens (including phenoxy) is 1. The summed E-state index contributed by atoms with van der Waals surface area (Å²) in [6.07, 6.45) is 3.81. The van der Waals surface area contributed by atoms with E-state index >= 15 is 0 Å². The summed E-state index contributed by atoms with van der Waals surface area (Å²) in [6.45, 7) is 2.19. The molecule has 128 valence electrons. The standard InChI is InChI=1S/C21H23N3O/c1-25-19-12-10-18(11-13-19)24-21(23-14-6-3-7-15-23)16-20(22-24)17-8-4-2-5-9-17/h2,4-5,8-13,16H,3,6-7,14-15H2,1H3. The summed E-state index contributed by atoms with van der Waals surface area (Å²) in [7, 11) is 1.69. The van der Waals surface area contributed by atoms with Crippen LogP contribution in [0.2, 0.25) is 0 Å². The van der Waals surface area contributed by atoms with Crippen molar-refractivity contribution < 1.29 is 4.74 Å². The van der Waals surface area contributed by atoms with E-state index in [4.69, 9.17) is 9.84 Å². The first kappa shape index (κ1) is 15.8. The highest BCUT2D eigenvalue weighted by atomic mass is 16.5. The Morgan fingerprint density at radius 2 is 1.60 bits per heavy atom. The summed E-state index contributed by atoms with van der Waals surface area (Å²) in [5.41, 5.74) is 3.22. The Bertz CT molecular complexity index is 818. The maximum Gasteiger partial charge on any atom is 0.133 e. The molecule has 0 N–H and O–H groups in total. The molecule has 1 fully saturated rings. The molecule has 3 aromatic rings. The average Bonchev–Trinajstić information content (AvgIpc) is 3.15. The fraction of sp³-hybridized carbons (Fsp3) is 0.286. The Kier molecular flexibility index (Phi) is 4.42. The molecule has 1 aromatic heterocycles. The lowest BCUT2D eigenvalue weighted by Crippen LogP contribution is -2.31. The zero-order chi connectivity index (χ0) is 17.1. The zero-order valence-electron chi connectivity index (χ0n) is 14.6. The van der Waals surface area contributed by atoms with Crippen LogP contribution in [0.25, 0.3) is 16.9 Å². The van der Waals surface area contributed by atoms with Gasteiger partial charge in [-0.05, 0) is 43.5 Å². The second kappa shape index (κ2) is 7.01. The third-order valence-electron chi connectivity index (χ3n) is 4.76. The molecule has 1 aliphatic rings. The quantitative estimate of drug-likeness (QED) is 0.702.